The molecule has 5 nitrogen and oxygen atoms in total. The number of aromatic nitrogens is 1. The molecule has 0 radical (unpaired) electrons. The largest absolute Gasteiger partial charge is 0.478 e. The van der Waals surface area contributed by atoms with Gasteiger partial charge in [0.25, 0.3) is 0 Å². The van der Waals surface area contributed by atoms with Crippen molar-refractivity contribution in [3.63, 3.8) is 0 Å². The normalized spacial score (nSPS) is 11.3. The number of carboxylic acid groups (broad SMARTS) is 2. The van der Waals surface area contributed by atoms with Crippen LogP contribution in [0.25, 0.3) is 5.57 Å². The number of carbonyl (C=O) groups is 2. The molecule has 1 heterocycles. The third-order valence-corrected chi connectivity index (χ3v) is 2.80. The van der Waals surface area contributed by atoms with Crippen LogP contribution in [0.5, 0.6) is 0 Å². The molecule has 0 bridgehead atoms. The highest BCUT2D eigenvalue weighted by atomic mass is 16.4. The molecule has 0 amide bonds. The van der Waals surface area contributed by atoms with E-state index < -0.39 is 11.9 Å². The highest BCUT2D eigenvalue weighted by Gasteiger charge is 2.16. The number of carboxylic acids is 2. The summed E-state index contributed by atoms with van der Waals surface area (Å²) < 4.78 is 1.71. The van der Waals surface area contributed by atoms with E-state index in [4.69, 9.17) is 10.2 Å². The van der Waals surface area contributed by atoms with Crippen LogP contribution in [-0.2, 0) is 16.1 Å². The van der Waals surface area contributed by atoms with Gasteiger partial charge in [-0.25, -0.2) is 9.59 Å². The Balaban J connectivity index is 2.37. The van der Waals surface area contributed by atoms with Crippen molar-refractivity contribution in [2.75, 3.05) is 0 Å². The monoisotopic (exact) mass is 271 g/mol. The maximum atomic E-state index is 11.2. The molecule has 1 aromatic heterocycles. The Morgan fingerprint density at radius 1 is 1.05 bits per heavy atom. The summed E-state index contributed by atoms with van der Waals surface area (Å²) in [5.74, 6) is -2.55. The van der Waals surface area contributed by atoms with Crippen molar-refractivity contribution in [1.29, 1.82) is 0 Å². The van der Waals surface area contributed by atoms with Gasteiger partial charge in [0.1, 0.15) is 0 Å². The van der Waals surface area contributed by atoms with Crippen LogP contribution in [0.15, 0.2) is 54.7 Å². The summed E-state index contributed by atoms with van der Waals surface area (Å²) in [6.07, 6.45) is 2.43. The number of hydrogen-bond acceptors (Lipinski definition) is 2. The maximum Gasteiger partial charge on any atom is 0.338 e. The number of aliphatic carboxylic acids is 2. The molecule has 0 aliphatic rings. The predicted molar refractivity (Wildman–Crippen MR) is 73.2 cm³/mol. The molecule has 0 spiro atoms. The van der Waals surface area contributed by atoms with E-state index >= 15 is 0 Å². The fourth-order valence-electron chi connectivity index (χ4n) is 1.95. The van der Waals surface area contributed by atoms with Crippen LogP contribution in [0.4, 0.5) is 0 Å². The minimum absolute atomic E-state index is 0.238. The fraction of sp³-hybridized carbons (Fsp3) is 0.0667. The van der Waals surface area contributed by atoms with E-state index in [9.17, 15) is 9.59 Å². The Bertz CT molecular complexity index is 656. The van der Waals surface area contributed by atoms with Gasteiger partial charge in [0, 0.05) is 18.8 Å². The molecule has 5 heteroatoms. The number of hydrogen-bond donors (Lipinski definition) is 2. The van der Waals surface area contributed by atoms with Crippen molar-refractivity contribution in [3.8, 4) is 0 Å². The molecule has 0 unspecified atom stereocenters. The predicted octanol–water partition coefficient (Wildman–Crippen LogP) is 2.09. The third kappa shape index (κ3) is 3.14. The minimum atomic E-state index is -1.28. The van der Waals surface area contributed by atoms with Gasteiger partial charge in [-0.3, -0.25) is 0 Å². The van der Waals surface area contributed by atoms with Gasteiger partial charge in [-0.1, -0.05) is 30.3 Å². The lowest BCUT2D eigenvalue weighted by Crippen LogP contribution is -2.09. The van der Waals surface area contributed by atoms with E-state index in [1.165, 1.54) is 0 Å². The van der Waals surface area contributed by atoms with E-state index in [0.717, 1.165) is 5.56 Å². The molecule has 0 fully saturated rings. The highest BCUT2D eigenvalue weighted by Crippen LogP contribution is 2.17. The molecular weight excluding hydrogens is 258 g/mol. The second-order valence-corrected chi connectivity index (χ2v) is 4.21. The summed E-state index contributed by atoms with van der Waals surface area (Å²) >= 11 is 0. The second-order valence-electron chi connectivity index (χ2n) is 4.21. The van der Waals surface area contributed by atoms with Crippen LogP contribution in [0.3, 0.4) is 0 Å². The SMILES string of the molecule is O=C(O)C=C(C(=O)O)c1cccn1Cc1ccccc1. The van der Waals surface area contributed by atoms with E-state index in [1.54, 1.807) is 22.9 Å². The van der Waals surface area contributed by atoms with Crippen molar-refractivity contribution >= 4 is 17.5 Å². The molecule has 2 rings (SSSR count). The summed E-state index contributed by atoms with van der Waals surface area (Å²) in [5.41, 5.74) is 1.13. The average Bonchev–Trinajstić information content (AvgIpc) is 2.84. The summed E-state index contributed by atoms with van der Waals surface area (Å²) in [7, 11) is 0. The molecule has 0 atom stereocenters. The summed E-state index contributed by atoms with van der Waals surface area (Å²) in [6.45, 7) is 0.480. The van der Waals surface area contributed by atoms with Crippen LogP contribution < -0.4 is 0 Å². The topological polar surface area (TPSA) is 79.5 Å². The second kappa shape index (κ2) is 5.88. The average molecular weight is 271 g/mol. The smallest absolute Gasteiger partial charge is 0.338 e. The molecule has 0 saturated carbocycles. The Morgan fingerprint density at radius 2 is 1.75 bits per heavy atom. The molecule has 1 aromatic carbocycles. The molecule has 102 valence electrons. The van der Waals surface area contributed by atoms with Crippen LogP contribution in [0.1, 0.15) is 11.3 Å². The van der Waals surface area contributed by atoms with Crippen molar-refractivity contribution in [2.45, 2.75) is 6.54 Å². The van der Waals surface area contributed by atoms with Gasteiger partial charge in [-0.2, -0.15) is 0 Å². The molecule has 0 aliphatic carbocycles. The van der Waals surface area contributed by atoms with E-state index in [2.05, 4.69) is 0 Å². The minimum Gasteiger partial charge on any atom is -0.478 e. The lowest BCUT2D eigenvalue weighted by atomic mass is 10.1. The van der Waals surface area contributed by atoms with Gasteiger partial charge in [0.05, 0.1) is 11.3 Å². The molecule has 20 heavy (non-hydrogen) atoms. The Labute approximate surface area is 115 Å². The zero-order chi connectivity index (χ0) is 14.5. The molecule has 2 N–H and O–H groups in total. The molecule has 0 aliphatic heterocycles. The van der Waals surface area contributed by atoms with E-state index in [0.29, 0.717) is 18.3 Å². The molecule has 2 aromatic rings. The van der Waals surface area contributed by atoms with Crippen LogP contribution in [0.2, 0.25) is 0 Å². The zero-order valence-corrected chi connectivity index (χ0v) is 10.6. The first-order valence-electron chi connectivity index (χ1n) is 5.95. The van der Waals surface area contributed by atoms with E-state index in [-0.39, 0.29) is 5.57 Å². The summed E-state index contributed by atoms with van der Waals surface area (Å²) in [4.78, 5) is 21.9. The van der Waals surface area contributed by atoms with Gasteiger partial charge in [-0.15, -0.1) is 0 Å². The van der Waals surface area contributed by atoms with Gasteiger partial charge < -0.3 is 14.8 Å². The van der Waals surface area contributed by atoms with Crippen LogP contribution in [-0.4, -0.2) is 26.7 Å². The maximum absolute atomic E-state index is 11.2. The Kier molecular flexibility index (Phi) is 4.00. The van der Waals surface area contributed by atoms with Crippen molar-refractivity contribution in [2.24, 2.45) is 0 Å². The van der Waals surface area contributed by atoms with Crippen LogP contribution in [0, 0.1) is 0 Å². The molecule has 0 saturated heterocycles. The fourth-order valence-corrected chi connectivity index (χ4v) is 1.95. The van der Waals surface area contributed by atoms with Crippen molar-refractivity contribution in [1.82, 2.24) is 4.57 Å². The Hall–Kier alpha value is -2.82. The van der Waals surface area contributed by atoms with Gasteiger partial charge in [-0.05, 0) is 17.7 Å². The lowest BCUT2D eigenvalue weighted by molar-refractivity contribution is -0.133. The first-order valence-corrected chi connectivity index (χ1v) is 5.95. The standard InChI is InChI=1S/C15H13NO4/c17-14(18)9-12(15(19)20)13-7-4-8-16(13)10-11-5-2-1-3-6-11/h1-9H,10H2,(H,17,18)(H,19,20). The van der Waals surface area contributed by atoms with Gasteiger partial charge >= 0.3 is 11.9 Å². The highest BCUT2D eigenvalue weighted by molar-refractivity contribution is 6.18. The summed E-state index contributed by atoms with van der Waals surface area (Å²) in [6, 6.07) is 12.8. The van der Waals surface area contributed by atoms with Crippen LogP contribution >= 0.6 is 0 Å². The number of nitrogens with zero attached hydrogens (tertiary/aromatic N) is 1. The lowest BCUT2D eigenvalue weighted by Gasteiger charge is -2.09. The van der Waals surface area contributed by atoms with Gasteiger partial charge in [0.2, 0.25) is 0 Å². The third-order valence-electron chi connectivity index (χ3n) is 2.80. The quantitative estimate of drug-likeness (QED) is 0.816. The number of benzene rings is 1. The Morgan fingerprint density at radius 3 is 2.35 bits per heavy atom. The van der Waals surface area contributed by atoms with E-state index in [1.807, 2.05) is 30.3 Å². The summed E-state index contributed by atoms with van der Waals surface area (Å²) in [5, 5.41) is 17.9. The zero-order valence-electron chi connectivity index (χ0n) is 10.6. The van der Waals surface area contributed by atoms with Crippen molar-refractivity contribution in [3.05, 3.63) is 66.0 Å². The first-order chi connectivity index (χ1) is 9.58. The number of rotatable bonds is 5. The van der Waals surface area contributed by atoms with Crippen molar-refractivity contribution < 1.29 is 19.8 Å². The first kappa shape index (κ1) is 13.6. The molecular formula is C15H13NO4. The van der Waals surface area contributed by atoms with Gasteiger partial charge in [0.15, 0.2) is 0 Å².